The van der Waals surface area contributed by atoms with Crippen LogP contribution >= 0.6 is 11.6 Å². The number of pyridine rings is 1. The standard InChI is InChI=1S/C25H21ClN2O3/c26-19-12-10-18(11-13-19)23-22(21(29)14-9-17-6-2-1-3-7-17)24(30)25(31)28(23)16-20-8-4-5-15-27-20/h1-8,10-13,15,23,30H,9,14,16H2. The second kappa shape index (κ2) is 9.14. The topological polar surface area (TPSA) is 70.5 Å². The summed E-state index contributed by atoms with van der Waals surface area (Å²) < 4.78 is 0. The summed E-state index contributed by atoms with van der Waals surface area (Å²) in [7, 11) is 0. The minimum absolute atomic E-state index is 0.124. The summed E-state index contributed by atoms with van der Waals surface area (Å²) in [5.41, 5.74) is 2.52. The van der Waals surface area contributed by atoms with Crippen molar-refractivity contribution in [3.63, 3.8) is 0 Å². The maximum Gasteiger partial charge on any atom is 0.290 e. The lowest BCUT2D eigenvalue weighted by Crippen LogP contribution is -2.31. The van der Waals surface area contributed by atoms with Crippen LogP contribution in [0.2, 0.25) is 5.02 Å². The number of hydrogen-bond donors (Lipinski definition) is 1. The molecule has 1 unspecified atom stereocenters. The van der Waals surface area contributed by atoms with Crippen molar-refractivity contribution in [2.24, 2.45) is 0 Å². The third-order valence-corrected chi connectivity index (χ3v) is 5.58. The molecular weight excluding hydrogens is 412 g/mol. The van der Waals surface area contributed by atoms with Gasteiger partial charge in [-0.3, -0.25) is 14.6 Å². The molecule has 5 nitrogen and oxygen atoms in total. The fourth-order valence-electron chi connectivity index (χ4n) is 3.80. The number of benzene rings is 2. The van der Waals surface area contributed by atoms with Crippen molar-refractivity contribution in [2.75, 3.05) is 0 Å². The Hall–Kier alpha value is -3.44. The van der Waals surface area contributed by atoms with Gasteiger partial charge in [0.25, 0.3) is 5.91 Å². The number of nitrogens with zero attached hydrogens (tertiary/aromatic N) is 2. The van der Waals surface area contributed by atoms with Gasteiger partial charge in [-0.2, -0.15) is 0 Å². The average Bonchev–Trinajstić information content (AvgIpc) is 3.04. The van der Waals surface area contributed by atoms with Gasteiger partial charge in [-0.1, -0.05) is 60.1 Å². The van der Waals surface area contributed by atoms with Gasteiger partial charge in [0.05, 0.1) is 23.9 Å². The van der Waals surface area contributed by atoms with Gasteiger partial charge >= 0.3 is 0 Å². The van der Waals surface area contributed by atoms with Gasteiger partial charge in [-0.25, -0.2) is 0 Å². The van der Waals surface area contributed by atoms with E-state index in [0.29, 0.717) is 22.7 Å². The molecule has 0 fully saturated rings. The Balaban J connectivity index is 1.66. The van der Waals surface area contributed by atoms with Gasteiger partial charge < -0.3 is 10.0 Å². The molecule has 1 aliphatic heterocycles. The zero-order valence-corrected chi connectivity index (χ0v) is 17.5. The number of Topliss-reactive ketones (excluding diaryl/α,β-unsaturated/α-hetero) is 1. The Kier molecular flexibility index (Phi) is 6.14. The van der Waals surface area contributed by atoms with Crippen LogP contribution < -0.4 is 0 Å². The van der Waals surface area contributed by atoms with Crippen molar-refractivity contribution < 1.29 is 14.7 Å². The summed E-state index contributed by atoms with van der Waals surface area (Å²) in [6.07, 6.45) is 2.36. The first-order valence-corrected chi connectivity index (χ1v) is 10.4. The number of ketones is 1. The molecule has 1 aromatic heterocycles. The molecule has 31 heavy (non-hydrogen) atoms. The fraction of sp³-hybridized carbons (Fsp3) is 0.160. The molecule has 0 bridgehead atoms. The molecule has 6 heteroatoms. The van der Waals surface area contributed by atoms with E-state index < -0.39 is 17.7 Å². The van der Waals surface area contributed by atoms with Gasteiger partial charge in [0.15, 0.2) is 11.5 Å². The molecule has 0 saturated carbocycles. The zero-order valence-electron chi connectivity index (χ0n) is 16.7. The molecular formula is C25H21ClN2O3. The normalized spacial score (nSPS) is 16.1. The van der Waals surface area contributed by atoms with E-state index >= 15 is 0 Å². The largest absolute Gasteiger partial charge is 0.503 e. The van der Waals surface area contributed by atoms with E-state index in [9.17, 15) is 14.7 Å². The minimum Gasteiger partial charge on any atom is -0.503 e. The average molecular weight is 433 g/mol. The van der Waals surface area contributed by atoms with E-state index in [2.05, 4.69) is 4.98 Å². The minimum atomic E-state index is -0.699. The molecule has 2 aromatic carbocycles. The number of amides is 1. The number of rotatable bonds is 7. The molecule has 3 aromatic rings. The first kappa shape index (κ1) is 20.8. The number of aliphatic hydroxyl groups is 1. The summed E-state index contributed by atoms with van der Waals surface area (Å²) in [6.45, 7) is 0.173. The first-order chi connectivity index (χ1) is 15.0. The van der Waals surface area contributed by atoms with Crippen LogP contribution in [0, 0.1) is 0 Å². The van der Waals surface area contributed by atoms with Gasteiger partial charge in [0.2, 0.25) is 0 Å². The summed E-state index contributed by atoms with van der Waals surface area (Å²) in [5.74, 6) is -1.32. The Morgan fingerprint density at radius 3 is 2.39 bits per heavy atom. The predicted octanol–water partition coefficient (Wildman–Crippen LogP) is 4.83. The highest BCUT2D eigenvalue weighted by Crippen LogP contribution is 2.39. The molecule has 0 spiro atoms. The summed E-state index contributed by atoms with van der Waals surface area (Å²) in [4.78, 5) is 31.9. The van der Waals surface area contributed by atoms with Gasteiger partial charge in [-0.15, -0.1) is 0 Å². The van der Waals surface area contributed by atoms with E-state index in [0.717, 1.165) is 5.56 Å². The van der Waals surface area contributed by atoms with E-state index in [-0.39, 0.29) is 24.3 Å². The van der Waals surface area contributed by atoms with Crippen LogP contribution in [0.1, 0.15) is 29.3 Å². The number of halogens is 1. The van der Waals surface area contributed by atoms with Crippen molar-refractivity contribution >= 4 is 23.3 Å². The van der Waals surface area contributed by atoms with Crippen molar-refractivity contribution in [1.82, 2.24) is 9.88 Å². The zero-order chi connectivity index (χ0) is 21.8. The number of aliphatic hydroxyl groups excluding tert-OH is 1. The molecule has 2 heterocycles. The molecule has 156 valence electrons. The lowest BCUT2D eigenvalue weighted by atomic mass is 9.93. The van der Waals surface area contributed by atoms with Crippen molar-refractivity contribution in [1.29, 1.82) is 0 Å². The van der Waals surface area contributed by atoms with Gasteiger partial charge in [0, 0.05) is 17.6 Å². The van der Waals surface area contributed by atoms with Crippen LogP contribution in [0.15, 0.2) is 90.3 Å². The smallest absolute Gasteiger partial charge is 0.290 e. The lowest BCUT2D eigenvalue weighted by Gasteiger charge is -2.26. The summed E-state index contributed by atoms with van der Waals surface area (Å²) in [5, 5.41) is 11.2. The second-order valence-corrected chi connectivity index (χ2v) is 7.82. The van der Waals surface area contributed by atoms with E-state index in [1.165, 1.54) is 4.90 Å². The number of carbonyl (C=O) groups excluding carboxylic acids is 2. The van der Waals surface area contributed by atoms with Crippen LogP contribution in [0.3, 0.4) is 0 Å². The maximum absolute atomic E-state index is 13.2. The summed E-state index contributed by atoms with van der Waals surface area (Å²) in [6, 6.07) is 21.3. The Morgan fingerprint density at radius 2 is 1.71 bits per heavy atom. The predicted molar refractivity (Wildman–Crippen MR) is 118 cm³/mol. The molecule has 0 aliphatic carbocycles. The molecule has 1 aliphatic rings. The van der Waals surface area contributed by atoms with Crippen LogP contribution in [-0.2, 0) is 22.6 Å². The Bertz CT molecular complexity index is 1110. The second-order valence-electron chi connectivity index (χ2n) is 7.38. The molecule has 0 radical (unpaired) electrons. The Morgan fingerprint density at radius 1 is 1.00 bits per heavy atom. The monoisotopic (exact) mass is 432 g/mol. The molecule has 1 N–H and O–H groups in total. The van der Waals surface area contributed by atoms with Crippen molar-refractivity contribution in [2.45, 2.75) is 25.4 Å². The first-order valence-electron chi connectivity index (χ1n) is 10.0. The number of carbonyl (C=O) groups is 2. The third kappa shape index (κ3) is 4.52. The van der Waals surface area contributed by atoms with Crippen LogP contribution in [-0.4, -0.2) is 26.7 Å². The highest BCUT2D eigenvalue weighted by atomic mass is 35.5. The van der Waals surface area contributed by atoms with E-state index in [1.54, 1.807) is 42.6 Å². The highest BCUT2D eigenvalue weighted by molar-refractivity contribution is 6.30. The van der Waals surface area contributed by atoms with Crippen molar-refractivity contribution in [3.05, 3.63) is 112 Å². The number of aryl methyl sites for hydroxylation is 1. The van der Waals surface area contributed by atoms with Gasteiger partial charge in [-0.05, 0) is 41.8 Å². The number of hydrogen-bond acceptors (Lipinski definition) is 4. The van der Waals surface area contributed by atoms with Crippen LogP contribution in [0.25, 0.3) is 0 Å². The Labute approximate surface area is 185 Å². The number of aromatic nitrogens is 1. The molecule has 1 atom stereocenters. The summed E-state index contributed by atoms with van der Waals surface area (Å²) >= 11 is 6.04. The maximum atomic E-state index is 13.2. The quantitative estimate of drug-likeness (QED) is 0.580. The van der Waals surface area contributed by atoms with Crippen molar-refractivity contribution in [3.8, 4) is 0 Å². The van der Waals surface area contributed by atoms with Gasteiger partial charge in [0.1, 0.15) is 0 Å². The highest BCUT2D eigenvalue weighted by Gasteiger charge is 2.43. The van der Waals surface area contributed by atoms with Crippen LogP contribution in [0.4, 0.5) is 0 Å². The lowest BCUT2D eigenvalue weighted by molar-refractivity contribution is -0.130. The SMILES string of the molecule is O=C(CCc1ccccc1)C1=C(O)C(=O)N(Cc2ccccn2)C1c1ccc(Cl)cc1. The van der Waals surface area contributed by atoms with E-state index in [1.807, 2.05) is 36.4 Å². The van der Waals surface area contributed by atoms with E-state index in [4.69, 9.17) is 11.6 Å². The molecule has 1 amide bonds. The third-order valence-electron chi connectivity index (χ3n) is 5.33. The van der Waals surface area contributed by atoms with Crippen LogP contribution in [0.5, 0.6) is 0 Å². The fourth-order valence-corrected chi connectivity index (χ4v) is 3.92. The molecule has 4 rings (SSSR count). The molecule has 0 saturated heterocycles.